The predicted octanol–water partition coefficient (Wildman–Crippen LogP) is 3.47. The molecule has 2 atom stereocenters. The Kier molecular flexibility index (Phi) is 6.17. The lowest BCUT2D eigenvalue weighted by molar-refractivity contribution is -0.886. The van der Waals surface area contributed by atoms with Gasteiger partial charge in [0.25, 0.3) is 5.91 Å². The Morgan fingerprint density at radius 1 is 1.07 bits per heavy atom. The van der Waals surface area contributed by atoms with Gasteiger partial charge in [0.05, 0.1) is 19.1 Å². The van der Waals surface area contributed by atoms with Crippen LogP contribution in [0.15, 0.2) is 78.2 Å². The molecule has 0 fully saturated rings. The first-order valence-corrected chi connectivity index (χ1v) is 10.7. The van der Waals surface area contributed by atoms with Crippen LogP contribution < -0.4 is 10.2 Å². The van der Waals surface area contributed by atoms with Crippen molar-refractivity contribution in [1.29, 1.82) is 0 Å². The Labute approximate surface area is 174 Å². The molecule has 1 aromatic heterocycles. The molecule has 1 unspecified atom stereocenters. The Morgan fingerprint density at radius 3 is 2.52 bits per heavy atom. The molecular weight excluding hydrogens is 383 g/mol. The average Bonchev–Trinajstić information content (AvgIpc) is 3.29. The molecule has 29 heavy (non-hydrogen) atoms. The van der Waals surface area contributed by atoms with Gasteiger partial charge in [-0.2, -0.15) is 0 Å². The van der Waals surface area contributed by atoms with Gasteiger partial charge in [0, 0.05) is 11.3 Å². The molecule has 0 radical (unpaired) electrons. The molecule has 0 aliphatic carbocycles. The second-order valence-corrected chi connectivity index (χ2v) is 8.27. The zero-order valence-electron chi connectivity index (χ0n) is 16.1. The van der Waals surface area contributed by atoms with Crippen LogP contribution in [-0.2, 0) is 4.79 Å². The van der Waals surface area contributed by atoms with Gasteiger partial charge in [-0.15, -0.1) is 11.3 Å². The largest absolute Gasteiger partial charge is 0.339 e. The molecule has 2 N–H and O–H groups in total. The van der Waals surface area contributed by atoms with Crippen LogP contribution in [0.2, 0.25) is 0 Å². The quantitative estimate of drug-likeness (QED) is 0.645. The Balaban J connectivity index is 1.40. The van der Waals surface area contributed by atoms with E-state index in [-0.39, 0.29) is 17.8 Å². The van der Waals surface area contributed by atoms with Crippen LogP contribution in [0, 0.1) is 5.82 Å². The lowest BCUT2D eigenvalue weighted by Crippen LogP contribution is -3.13. The minimum Gasteiger partial charge on any atom is -0.339 e. The van der Waals surface area contributed by atoms with Gasteiger partial charge >= 0.3 is 0 Å². The molecular formula is C24H24FN2OS+. The molecule has 0 spiro atoms. The molecule has 0 bridgehead atoms. The van der Waals surface area contributed by atoms with E-state index in [1.165, 1.54) is 28.2 Å². The van der Waals surface area contributed by atoms with Gasteiger partial charge in [-0.25, -0.2) is 4.39 Å². The fraction of sp³-hybridized carbons (Fsp3) is 0.208. The number of quaternary nitrogens is 1. The van der Waals surface area contributed by atoms with Crippen molar-refractivity contribution < 1.29 is 14.1 Å². The third-order valence-corrected chi connectivity index (χ3v) is 6.21. The van der Waals surface area contributed by atoms with Gasteiger partial charge in [0.2, 0.25) is 0 Å². The van der Waals surface area contributed by atoms with Crippen LogP contribution >= 0.6 is 11.3 Å². The number of thiophene rings is 1. The van der Waals surface area contributed by atoms with E-state index in [9.17, 15) is 9.18 Å². The van der Waals surface area contributed by atoms with Crippen molar-refractivity contribution in [3.8, 4) is 0 Å². The van der Waals surface area contributed by atoms with Gasteiger partial charge in [-0.1, -0.05) is 48.5 Å². The summed E-state index contributed by atoms with van der Waals surface area (Å²) in [4.78, 5) is 15.1. The Morgan fingerprint density at radius 2 is 1.86 bits per heavy atom. The third-order valence-electron chi connectivity index (χ3n) is 5.28. The first kappa shape index (κ1) is 19.6. The highest BCUT2D eigenvalue weighted by molar-refractivity contribution is 7.10. The number of hydrogen-bond donors (Lipinski definition) is 2. The summed E-state index contributed by atoms with van der Waals surface area (Å²) in [6.45, 7) is 2.22. The number of benzene rings is 2. The van der Waals surface area contributed by atoms with Gasteiger partial charge in [-0.3, -0.25) is 4.79 Å². The predicted molar refractivity (Wildman–Crippen MR) is 115 cm³/mol. The fourth-order valence-corrected chi connectivity index (χ4v) is 4.53. The summed E-state index contributed by atoms with van der Waals surface area (Å²) in [6, 6.07) is 20.5. The van der Waals surface area contributed by atoms with Crippen LogP contribution in [0.1, 0.15) is 28.5 Å². The average molecular weight is 408 g/mol. The fourth-order valence-electron chi connectivity index (χ4n) is 3.73. The van der Waals surface area contributed by atoms with E-state index in [1.807, 2.05) is 23.6 Å². The topological polar surface area (TPSA) is 33.5 Å². The summed E-state index contributed by atoms with van der Waals surface area (Å²) >= 11 is 1.59. The highest BCUT2D eigenvalue weighted by Crippen LogP contribution is 2.26. The normalized spacial score (nSPS) is 17.4. The lowest BCUT2D eigenvalue weighted by Gasteiger charge is -2.25. The molecule has 1 aliphatic rings. The van der Waals surface area contributed by atoms with Crippen LogP contribution in [-0.4, -0.2) is 25.5 Å². The van der Waals surface area contributed by atoms with Crippen molar-refractivity contribution >= 4 is 22.8 Å². The number of nitrogens with one attached hydrogen (secondary N) is 2. The minimum absolute atomic E-state index is 0.0132. The minimum atomic E-state index is -0.274. The van der Waals surface area contributed by atoms with Crippen molar-refractivity contribution in [2.75, 3.05) is 19.6 Å². The summed E-state index contributed by atoms with van der Waals surface area (Å²) < 4.78 is 13.3. The maximum atomic E-state index is 13.3. The van der Waals surface area contributed by atoms with Gasteiger partial charge in [0.1, 0.15) is 5.82 Å². The zero-order valence-corrected chi connectivity index (χ0v) is 16.9. The number of carbonyl (C=O) groups is 1. The molecule has 1 amide bonds. The van der Waals surface area contributed by atoms with Crippen molar-refractivity contribution in [3.63, 3.8) is 0 Å². The van der Waals surface area contributed by atoms with E-state index < -0.39 is 0 Å². The molecule has 5 heteroatoms. The summed E-state index contributed by atoms with van der Waals surface area (Å²) in [7, 11) is 0. The van der Waals surface area contributed by atoms with E-state index in [0.29, 0.717) is 6.54 Å². The third kappa shape index (κ3) is 5.00. The Hall–Kier alpha value is -2.76. The molecule has 3 nitrogen and oxygen atoms in total. The standard InChI is InChI=1S/C24H23FN2OS/c25-21-10-8-20(9-11-21)24(22-7-4-16-29-22)26-23(28)17-27-14-12-19(13-15-27)18-5-2-1-3-6-18/h1-12,16,24H,13-15,17H2,(H,26,28)/p+1/t24-/m0/s1. The van der Waals surface area contributed by atoms with E-state index in [4.69, 9.17) is 0 Å². The van der Waals surface area contributed by atoms with E-state index in [0.717, 1.165) is 30.0 Å². The second kappa shape index (κ2) is 9.16. The smallest absolute Gasteiger partial charge is 0.275 e. The zero-order chi connectivity index (χ0) is 20.1. The maximum absolute atomic E-state index is 13.3. The second-order valence-electron chi connectivity index (χ2n) is 7.29. The monoisotopic (exact) mass is 407 g/mol. The van der Waals surface area contributed by atoms with E-state index >= 15 is 0 Å². The summed E-state index contributed by atoms with van der Waals surface area (Å²) in [5, 5.41) is 5.14. The highest BCUT2D eigenvalue weighted by Gasteiger charge is 2.23. The lowest BCUT2D eigenvalue weighted by atomic mass is 9.99. The van der Waals surface area contributed by atoms with Gasteiger partial charge in [-0.05, 0) is 46.4 Å². The molecule has 2 aromatic carbocycles. The van der Waals surface area contributed by atoms with E-state index in [2.05, 4.69) is 35.7 Å². The SMILES string of the molecule is O=C(C[NH+]1CC=C(c2ccccc2)CC1)N[C@@H](c1ccc(F)cc1)c1cccs1. The van der Waals surface area contributed by atoms with Crippen molar-refractivity contribution in [1.82, 2.24) is 5.32 Å². The van der Waals surface area contributed by atoms with Crippen molar-refractivity contribution in [2.24, 2.45) is 0 Å². The van der Waals surface area contributed by atoms with E-state index in [1.54, 1.807) is 23.5 Å². The number of hydrogen-bond acceptors (Lipinski definition) is 2. The Bertz CT molecular complexity index is 968. The molecule has 0 saturated heterocycles. The summed E-state index contributed by atoms with van der Waals surface area (Å²) in [5.74, 6) is -0.261. The molecule has 2 heterocycles. The molecule has 148 valence electrons. The van der Waals surface area contributed by atoms with Crippen LogP contribution in [0.3, 0.4) is 0 Å². The van der Waals surface area contributed by atoms with Gasteiger partial charge in [0.15, 0.2) is 6.54 Å². The van der Waals surface area contributed by atoms with Crippen LogP contribution in [0.25, 0.3) is 5.57 Å². The van der Waals surface area contributed by atoms with Gasteiger partial charge < -0.3 is 10.2 Å². The van der Waals surface area contributed by atoms with Crippen molar-refractivity contribution in [3.05, 3.63) is 100 Å². The molecule has 0 saturated carbocycles. The number of rotatable bonds is 6. The number of amides is 1. The first-order valence-electron chi connectivity index (χ1n) is 9.85. The number of carbonyl (C=O) groups excluding carboxylic acids is 1. The molecule has 3 aromatic rings. The van der Waals surface area contributed by atoms with Crippen LogP contribution in [0.5, 0.6) is 0 Å². The maximum Gasteiger partial charge on any atom is 0.275 e. The highest BCUT2D eigenvalue weighted by atomic mass is 32.1. The van der Waals surface area contributed by atoms with Crippen LogP contribution in [0.4, 0.5) is 4.39 Å². The molecule has 1 aliphatic heterocycles. The number of halogens is 1. The van der Waals surface area contributed by atoms with Crippen molar-refractivity contribution in [2.45, 2.75) is 12.5 Å². The summed E-state index contributed by atoms with van der Waals surface area (Å²) in [6.07, 6.45) is 3.22. The molecule has 4 rings (SSSR count). The first-order chi connectivity index (χ1) is 14.2. The summed E-state index contributed by atoms with van der Waals surface area (Å²) in [5.41, 5.74) is 3.52.